The summed E-state index contributed by atoms with van der Waals surface area (Å²) in [5.41, 5.74) is 0. The van der Waals surface area contributed by atoms with Crippen molar-refractivity contribution in [1.82, 2.24) is 9.97 Å². The highest BCUT2D eigenvalue weighted by Gasteiger charge is 2.13. The lowest BCUT2D eigenvalue weighted by atomic mass is 10.1. The summed E-state index contributed by atoms with van der Waals surface area (Å²) in [7, 11) is 0. The van der Waals surface area contributed by atoms with Crippen molar-refractivity contribution in [2.45, 2.75) is 32.2 Å². The Bertz CT molecular complexity index is 339. The lowest BCUT2D eigenvalue weighted by molar-refractivity contribution is 0.663. The van der Waals surface area contributed by atoms with Crippen LogP contribution in [0, 0.1) is 0 Å². The summed E-state index contributed by atoms with van der Waals surface area (Å²) >= 11 is 2.04. The van der Waals surface area contributed by atoms with Crippen LogP contribution < -0.4 is 10.6 Å². The molecule has 1 aromatic rings. The van der Waals surface area contributed by atoms with Gasteiger partial charge >= 0.3 is 0 Å². The molecule has 0 bridgehead atoms. The Morgan fingerprint density at radius 3 is 3.00 bits per heavy atom. The second-order valence-corrected chi connectivity index (χ2v) is 5.45. The number of thioether (sulfide) groups is 1. The number of nitrogens with one attached hydrogen (secondary N) is 2. The number of aromatic nitrogens is 2. The summed E-state index contributed by atoms with van der Waals surface area (Å²) in [6.07, 6.45) is 5.35. The summed E-state index contributed by atoms with van der Waals surface area (Å²) in [6.45, 7) is 3.05. The van der Waals surface area contributed by atoms with Crippen molar-refractivity contribution < 1.29 is 0 Å². The highest BCUT2D eigenvalue weighted by Crippen LogP contribution is 2.20. The van der Waals surface area contributed by atoms with Gasteiger partial charge in [0.25, 0.3) is 0 Å². The first kappa shape index (κ1) is 12.5. The molecule has 0 aliphatic carbocycles. The van der Waals surface area contributed by atoms with Crippen LogP contribution in [0.25, 0.3) is 0 Å². The number of hydrogen-bond acceptors (Lipinski definition) is 5. The van der Waals surface area contributed by atoms with E-state index < -0.39 is 0 Å². The van der Waals surface area contributed by atoms with E-state index in [4.69, 9.17) is 0 Å². The van der Waals surface area contributed by atoms with Gasteiger partial charge in [0.1, 0.15) is 5.82 Å². The van der Waals surface area contributed by atoms with Crippen molar-refractivity contribution in [3.63, 3.8) is 0 Å². The standard InChI is InChI=1S/C12H20N4S/c1-2-6-13-12-14-7-3-11(16-12)15-10-4-8-17-9-5-10/h3,7,10H,2,4-6,8-9H2,1H3,(H2,13,14,15,16). The maximum Gasteiger partial charge on any atom is 0.224 e. The van der Waals surface area contributed by atoms with E-state index in [1.807, 2.05) is 24.0 Å². The number of rotatable bonds is 5. The summed E-state index contributed by atoms with van der Waals surface area (Å²) in [5, 5.41) is 6.70. The molecule has 0 saturated carbocycles. The Morgan fingerprint density at radius 2 is 2.24 bits per heavy atom. The molecular formula is C12H20N4S. The third-order valence-corrected chi connectivity index (χ3v) is 3.81. The second-order valence-electron chi connectivity index (χ2n) is 4.22. The molecule has 4 nitrogen and oxygen atoms in total. The maximum atomic E-state index is 4.46. The van der Waals surface area contributed by atoms with Crippen molar-refractivity contribution in [3.8, 4) is 0 Å². The molecule has 5 heteroatoms. The topological polar surface area (TPSA) is 49.8 Å². The molecule has 1 aliphatic rings. The summed E-state index contributed by atoms with van der Waals surface area (Å²) in [6, 6.07) is 2.52. The second kappa shape index (κ2) is 6.69. The van der Waals surface area contributed by atoms with Gasteiger partial charge in [-0.2, -0.15) is 16.7 Å². The van der Waals surface area contributed by atoms with Crippen LogP contribution in [-0.2, 0) is 0 Å². The lowest BCUT2D eigenvalue weighted by Crippen LogP contribution is -2.25. The molecule has 0 aromatic carbocycles. The predicted molar refractivity (Wildman–Crippen MR) is 74.8 cm³/mol. The van der Waals surface area contributed by atoms with E-state index in [1.54, 1.807) is 0 Å². The average Bonchev–Trinajstić information content (AvgIpc) is 2.38. The third-order valence-electron chi connectivity index (χ3n) is 2.76. The fourth-order valence-corrected chi connectivity index (χ4v) is 2.92. The lowest BCUT2D eigenvalue weighted by Gasteiger charge is -2.23. The number of anilines is 2. The van der Waals surface area contributed by atoms with E-state index in [1.165, 1.54) is 24.3 Å². The Kier molecular flexibility index (Phi) is 4.91. The van der Waals surface area contributed by atoms with Gasteiger partial charge in [0.15, 0.2) is 0 Å². The number of hydrogen-bond donors (Lipinski definition) is 2. The largest absolute Gasteiger partial charge is 0.367 e. The van der Waals surface area contributed by atoms with Gasteiger partial charge in [0, 0.05) is 18.8 Å². The smallest absolute Gasteiger partial charge is 0.224 e. The van der Waals surface area contributed by atoms with E-state index >= 15 is 0 Å². The highest BCUT2D eigenvalue weighted by atomic mass is 32.2. The van der Waals surface area contributed by atoms with Gasteiger partial charge in [-0.3, -0.25) is 0 Å². The SMILES string of the molecule is CCCNc1nccc(NC2CCSCC2)n1. The highest BCUT2D eigenvalue weighted by molar-refractivity contribution is 7.99. The van der Waals surface area contributed by atoms with Crippen molar-refractivity contribution >= 4 is 23.5 Å². The van der Waals surface area contributed by atoms with Crippen LogP contribution in [-0.4, -0.2) is 34.1 Å². The molecule has 0 spiro atoms. The van der Waals surface area contributed by atoms with Crippen LogP contribution in [0.2, 0.25) is 0 Å². The minimum Gasteiger partial charge on any atom is -0.367 e. The first-order chi connectivity index (χ1) is 8.38. The average molecular weight is 252 g/mol. The minimum atomic E-state index is 0.574. The first-order valence-corrected chi connectivity index (χ1v) is 7.45. The van der Waals surface area contributed by atoms with Gasteiger partial charge in [0.2, 0.25) is 5.95 Å². The molecule has 94 valence electrons. The molecule has 0 radical (unpaired) electrons. The Hall–Kier alpha value is -0.970. The molecule has 2 heterocycles. The fourth-order valence-electron chi connectivity index (χ4n) is 1.81. The van der Waals surface area contributed by atoms with Crippen molar-refractivity contribution in [2.75, 3.05) is 28.7 Å². The van der Waals surface area contributed by atoms with Crippen LogP contribution in [0.4, 0.5) is 11.8 Å². The van der Waals surface area contributed by atoms with Gasteiger partial charge in [-0.05, 0) is 36.8 Å². The van der Waals surface area contributed by atoms with E-state index in [0.29, 0.717) is 6.04 Å². The normalized spacial score (nSPS) is 16.8. The van der Waals surface area contributed by atoms with Gasteiger partial charge in [-0.1, -0.05) is 6.92 Å². The van der Waals surface area contributed by atoms with E-state index in [9.17, 15) is 0 Å². The molecule has 2 rings (SSSR count). The quantitative estimate of drug-likeness (QED) is 0.843. The summed E-state index contributed by atoms with van der Waals surface area (Å²) in [4.78, 5) is 8.67. The summed E-state index contributed by atoms with van der Waals surface area (Å²) < 4.78 is 0. The molecular weight excluding hydrogens is 232 g/mol. The third kappa shape index (κ3) is 4.07. The molecule has 2 N–H and O–H groups in total. The van der Waals surface area contributed by atoms with Crippen LogP contribution in [0.15, 0.2) is 12.3 Å². The van der Waals surface area contributed by atoms with Crippen molar-refractivity contribution in [2.24, 2.45) is 0 Å². The van der Waals surface area contributed by atoms with E-state index in [0.717, 1.165) is 24.7 Å². The van der Waals surface area contributed by atoms with Crippen LogP contribution in [0.3, 0.4) is 0 Å². The fraction of sp³-hybridized carbons (Fsp3) is 0.667. The van der Waals surface area contributed by atoms with E-state index in [-0.39, 0.29) is 0 Å². The molecule has 1 aromatic heterocycles. The molecule has 1 fully saturated rings. The zero-order valence-corrected chi connectivity index (χ0v) is 11.1. The van der Waals surface area contributed by atoms with Crippen LogP contribution >= 0.6 is 11.8 Å². The van der Waals surface area contributed by atoms with E-state index in [2.05, 4.69) is 27.5 Å². The maximum absolute atomic E-state index is 4.46. The van der Waals surface area contributed by atoms with Gasteiger partial charge in [-0.15, -0.1) is 0 Å². The van der Waals surface area contributed by atoms with Gasteiger partial charge in [0.05, 0.1) is 0 Å². The van der Waals surface area contributed by atoms with Crippen molar-refractivity contribution in [1.29, 1.82) is 0 Å². The first-order valence-electron chi connectivity index (χ1n) is 6.29. The molecule has 1 aliphatic heterocycles. The predicted octanol–water partition coefficient (Wildman–Crippen LogP) is 2.61. The summed E-state index contributed by atoms with van der Waals surface area (Å²) in [5.74, 6) is 4.17. The molecule has 0 atom stereocenters. The molecule has 1 saturated heterocycles. The number of nitrogens with zero attached hydrogens (tertiary/aromatic N) is 2. The van der Waals surface area contributed by atoms with Crippen molar-refractivity contribution in [3.05, 3.63) is 12.3 Å². The Morgan fingerprint density at radius 1 is 1.41 bits per heavy atom. The molecule has 17 heavy (non-hydrogen) atoms. The molecule has 0 unspecified atom stereocenters. The monoisotopic (exact) mass is 252 g/mol. The van der Waals surface area contributed by atoms with Crippen LogP contribution in [0.5, 0.6) is 0 Å². The van der Waals surface area contributed by atoms with Crippen LogP contribution in [0.1, 0.15) is 26.2 Å². The minimum absolute atomic E-state index is 0.574. The Balaban J connectivity index is 1.90. The zero-order valence-electron chi connectivity index (χ0n) is 10.3. The van der Waals surface area contributed by atoms with Gasteiger partial charge in [-0.25, -0.2) is 4.98 Å². The zero-order chi connectivity index (χ0) is 11.9. The Labute approximate surface area is 107 Å². The molecule has 0 amide bonds. The van der Waals surface area contributed by atoms with Gasteiger partial charge < -0.3 is 10.6 Å².